The van der Waals surface area contributed by atoms with E-state index >= 15 is 0 Å². The molecule has 1 saturated carbocycles. The highest BCUT2D eigenvalue weighted by Crippen LogP contribution is 2.39. The van der Waals surface area contributed by atoms with Gasteiger partial charge in [0.15, 0.2) is 0 Å². The molecular formula is C18H27Cl2N. The zero-order valence-electron chi connectivity index (χ0n) is 13.2. The van der Waals surface area contributed by atoms with Gasteiger partial charge in [0, 0.05) is 10.0 Å². The molecule has 3 unspecified atom stereocenters. The molecule has 1 aliphatic carbocycles. The van der Waals surface area contributed by atoms with Crippen LogP contribution in [0, 0.1) is 17.8 Å². The Labute approximate surface area is 139 Å². The summed E-state index contributed by atoms with van der Waals surface area (Å²) in [6, 6.07) is 5.85. The molecule has 21 heavy (non-hydrogen) atoms. The topological polar surface area (TPSA) is 12.0 Å². The predicted molar refractivity (Wildman–Crippen MR) is 93.3 cm³/mol. The van der Waals surface area contributed by atoms with Crippen molar-refractivity contribution in [2.75, 3.05) is 13.1 Å². The minimum absolute atomic E-state index is 0.695. The molecule has 0 aliphatic heterocycles. The first kappa shape index (κ1) is 17.1. The standard InChI is InChI=1S/C18H27Cl2N/c1-3-13-8-9-14(12-21-4-2)15(10-13)11-16-17(19)6-5-7-18(16)20/h5-7,13-15,21H,3-4,8-12H2,1-2H3. The maximum atomic E-state index is 6.37. The minimum Gasteiger partial charge on any atom is -0.317 e. The van der Waals surface area contributed by atoms with Crippen molar-refractivity contribution < 1.29 is 0 Å². The number of hydrogen-bond donors (Lipinski definition) is 1. The van der Waals surface area contributed by atoms with Crippen molar-refractivity contribution in [3.8, 4) is 0 Å². The van der Waals surface area contributed by atoms with Gasteiger partial charge in [-0.3, -0.25) is 0 Å². The van der Waals surface area contributed by atoms with Crippen molar-refractivity contribution in [1.82, 2.24) is 5.32 Å². The molecular weight excluding hydrogens is 301 g/mol. The molecule has 1 fully saturated rings. The summed E-state index contributed by atoms with van der Waals surface area (Å²) in [6.07, 6.45) is 6.33. The summed E-state index contributed by atoms with van der Waals surface area (Å²) in [5, 5.41) is 5.17. The van der Waals surface area contributed by atoms with E-state index in [2.05, 4.69) is 19.2 Å². The maximum Gasteiger partial charge on any atom is 0.0452 e. The summed E-state index contributed by atoms with van der Waals surface area (Å²) < 4.78 is 0. The van der Waals surface area contributed by atoms with Crippen LogP contribution >= 0.6 is 23.2 Å². The molecule has 1 aromatic carbocycles. The summed E-state index contributed by atoms with van der Waals surface area (Å²) in [5.41, 5.74) is 1.14. The van der Waals surface area contributed by atoms with Gasteiger partial charge in [0.05, 0.1) is 0 Å². The molecule has 0 saturated heterocycles. The van der Waals surface area contributed by atoms with Gasteiger partial charge in [0.25, 0.3) is 0 Å². The van der Waals surface area contributed by atoms with Crippen LogP contribution in [0.15, 0.2) is 18.2 Å². The Hall–Kier alpha value is -0.240. The van der Waals surface area contributed by atoms with Crippen molar-refractivity contribution in [2.45, 2.75) is 46.0 Å². The van der Waals surface area contributed by atoms with E-state index in [1.54, 1.807) is 0 Å². The molecule has 2 rings (SSSR count). The van der Waals surface area contributed by atoms with Gasteiger partial charge in [-0.25, -0.2) is 0 Å². The van der Waals surface area contributed by atoms with E-state index in [0.29, 0.717) is 5.92 Å². The van der Waals surface area contributed by atoms with Crippen LogP contribution in [0.25, 0.3) is 0 Å². The van der Waals surface area contributed by atoms with Crippen molar-refractivity contribution in [3.05, 3.63) is 33.8 Å². The highest BCUT2D eigenvalue weighted by Gasteiger charge is 2.30. The Kier molecular flexibility index (Phi) is 6.85. The van der Waals surface area contributed by atoms with Crippen molar-refractivity contribution in [1.29, 1.82) is 0 Å². The van der Waals surface area contributed by atoms with Gasteiger partial charge in [-0.2, -0.15) is 0 Å². The van der Waals surface area contributed by atoms with Gasteiger partial charge >= 0.3 is 0 Å². The van der Waals surface area contributed by atoms with Crippen LogP contribution < -0.4 is 5.32 Å². The number of nitrogens with one attached hydrogen (secondary N) is 1. The van der Waals surface area contributed by atoms with E-state index in [9.17, 15) is 0 Å². The second-order valence-corrected chi connectivity index (χ2v) is 7.13. The number of hydrogen-bond acceptors (Lipinski definition) is 1. The fourth-order valence-corrected chi connectivity index (χ4v) is 4.18. The molecule has 0 spiro atoms. The molecule has 0 aromatic heterocycles. The normalized spacial score (nSPS) is 26.0. The monoisotopic (exact) mass is 327 g/mol. The van der Waals surface area contributed by atoms with Gasteiger partial charge in [-0.15, -0.1) is 0 Å². The van der Waals surface area contributed by atoms with Crippen LogP contribution in [0.1, 0.15) is 45.1 Å². The third kappa shape index (κ3) is 4.61. The number of rotatable bonds is 6. The summed E-state index contributed by atoms with van der Waals surface area (Å²) in [6.45, 7) is 6.67. The molecule has 3 heteroatoms. The lowest BCUT2D eigenvalue weighted by atomic mass is 9.71. The quantitative estimate of drug-likeness (QED) is 0.718. The third-order valence-corrected chi connectivity index (χ3v) is 5.72. The Morgan fingerprint density at radius 1 is 1.10 bits per heavy atom. The lowest BCUT2D eigenvalue weighted by Crippen LogP contribution is -2.34. The average Bonchev–Trinajstić information content (AvgIpc) is 2.49. The van der Waals surface area contributed by atoms with Gasteiger partial charge < -0.3 is 5.32 Å². The Bertz CT molecular complexity index is 427. The van der Waals surface area contributed by atoms with E-state index < -0.39 is 0 Å². The fourth-order valence-electron chi connectivity index (χ4n) is 3.63. The first-order chi connectivity index (χ1) is 10.2. The van der Waals surface area contributed by atoms with Crippen LogP contribution in [-0.2, 0) is 6.42 Å². The number of halogens is 2. The molecule has 0 amide bonds. The van der Waals surface area contributed by atoms with E-state index in [4.69, 9.17) is 23.2 Å². The summed E-state index contributed by atoms with van der Waals surface area (Å²) in [4.78, 5) is 0. The molecule has 0 heterocycles. The Morgan fingerprint density at radius 2 is 1.81 bits per heavy atom. The lowest BCUT2D eigenvalue weighted by molar-refractivity contribution is 0.172. The molecule has 1 aliphatic rings. The van der Waals surface area contributed by atoms with E-state index in [-0.39, 0.29) is 0 Å². The van der Waals surface area contributed by atoms with Crippen LogP contribution in [0.4, 0.5) is 0 Å². The van der Waals surface area contributed by atoms with Gasteiger partial charge in [-0.05, 0) is 67.8 Å². The van der Waals surface area contributed by atoms with Crippen LogP contribution in [-0.4, -0.2) is 13.1 Å². The van der Waals surface area contributed by atoms with Gasteiger partial charge in [0.2, 0.25) is 0 Å². The van der Waals surface area contributed by atoms with Crippen molar-refractivity contribution in [2.24, 2.45) is 17.8 Å². The smallest absolute Gasteiger partial charge is 0.0452 e. The molecule has 1 aromatic rings. The summed E-state index contributed by atoms with van der Waals surface area (Å²) in [7, 11) is 0. The van der Waals surface area contributed by atoms with Crippen molar-refractivity contribution >= 4 is 23.2 Å². The van der Waals surface area contributed by atoms with E-state index in [1.165, 1.54) is 25.7 Å². The summed E-state index contributed by atoms with van der Waals surface area (Å²) in [5.74, 6) is 2.31. The van der Waals surface area contributed by atoms with Crippen LogP contribution in [0.2, 0.25) is 10.0 Å². The SMILES string of the molecule is CCNCC1CCC(CC)CC1Cc1c(Cl)cccc1Cl. The zero-order valence-corrected chi connectivity index (χ0v) is 14.7. The lowest BCUT2D eigenvalue weighted by Gasteiger charge is -2.36. The highest BCUT2D eigenvalue weighted by atomic mass is 35.5. The largest absolute Gasteiger partial charge is 0.317 e. The first-order valence-electron chi connectivity index (χ1n) is 8.29. The zero-order chi connectivity index (χ0) is 15.2. The Balaban J connectivity index is 2.11. The van der Waals surface area contributed by atoms with Crippen LogP contribution in [0.5, 0.6) is 0 Å². The van der Waals surface area contributed by atoms with Gasteiger partial charge in [0.1, 0.15) is 0 Å². The van der Waals surface area contributed by atoms with Crippen LogP contribution in [0.3, 0.4) is 0 Å². The third-order valence-electron chi connectivity index (χ3n) is 5.01. The molecule has 1 N–H and O–H groups in total. The highest BCUT2D eigenvalue weighted by molar-refractivity contribution is 6.35. The second kappa shape index (κ2) is 8.41. The predicted octanol–water partition coefficient (Wildman–Crippen LogP) is 5.59. The molecule has 0 bridgehead atoms. The molecule has 1 nitrogen and oxygen atoms in total. The molecule has 118 valence electrons. The Morgan fingerprint density at radius 3 is 2.43 bits per heavy atom. The van der Waals surface area contributed by atoms with E-state index in [0.717, 1.165) is 47.0 Å². The fraction of sp³-hybridized carbons (Fsp3) is 0.667. The first-order valence-corrected chi connectivity index (χ1v) is 9.04. The van der Waals surface area contributed by atoms with E-state index in [1.807, 2.05) is 18.2 Å². The molecule has 3 atom stereocenters. The summed E-state index contributed by atoms with van der Waals surface area (Å²) >= 11 is 12.7. The van der Waals surface area contributed by atoms with Gasteiger partial charge in [-0.1, -0.05) is 56.0 Å². The number of benzene rings is 1. The minimum atomic E-state index is 0.695. The maximum absolute atomic E-state index is 6.37. The second-order valence-electron chi connectivity index (χ2n) is 6.32. The average molecular weight is 328 g/mol. The molecule has 0 radical (unpaired) electrons. The van der Waals surface area contributed by atoms with Crippen molar-refractivity contribution in [3.63, 3.8) is 0 Å².